The van der Waals surface area contributed by atoms with Crippen LogP contribution in [0, 0.1) is 0 Å². The number of alkyl halides is 1. The smallest absolute Gasteiger partial charge is 0.142 e. The molecule has 0 aliphatic carbocycles. The lowest BCUT2D eigenvalue weighted by molar-refractivity contribution is 0.141. The van der Waals surface area contributed by atoms with Crippen LogP contribution in [0.3, 0.4) is 0 Å². The van der Waals surface area contributed by atoms with Crippen LogP contribution < -0.4 is 4.74 Å². The summed E-state index contributed by atoms with van der Waals surface area (Å²) < 4.78 is 11.0. The largest absolute Gasteiger partial charge is 0.486 e. The van der Waals surface area contributed by atoms with Gasteiger partial charge in [0.05, 0.1) is 24.1 Å². The molecule has 82 valence electrons. The standard InChI is InChI=1S/C11H12Cl2O2/c12-6-8-2-1-3-10(13)11(8)15-9-4-5-14-7-9/h1-3,9H,4-7H2. The zero-order valence-corrected chi connectivity index (χ0v) is 9.72. The molecule has 2 rings (SSSR count). The summed E-state index contributed by atoms with van der Waals surface area (Å²) in [4.78, 5) is 0. The number of ether oxygens (including phenoxy) is 2. The lowest BCUT2D eigenvalue weighted by Crippen LogP contribution is -2.16. The zero-order valence-electron chi connectivity index (χ0n) is 8.21. The van der Waals surface area contributed by atoms with Crippen molar-refractivity contribution >= 4 is 23.2 Å². The average Bonchev–Trinajstić information content (AvgIpc) is 2.74. The van der Waals surface area contributed by atoms with Gasteiger partial charge in [-0.1, -0.05) is 23.7 Å². The van der Waals surface area contributed by atoms with Gasteiger partial charge in [0.15, 0.2) is 0 Å². The summed E-state index contributed by atoms with van der Waals surface area (Å²) in [5.41, 5.74) is 0.927. The van der Waals surface area contributed by atoms with Crippen LogP contribution in [-0.2, 0) is 10.6 Å². The Bertz CT molecular complexity index is 335. The maximum Gasteiger partial charge on any atom is 0.142 e. The highest BCUT2D eigenvalue weighted by Crippen LogP contribution is 2.31. The van der Waals surface area contributed by atoms with Crippen molar-refractivity contribution in [3.05, 3.63) is 28.8 Å². The molecule has 4 heteroatoms. The fourth-order valence-corrected chi connectivity index (χ4v) is 2.01. The monoisotopic (exact) mass is 246 g/mol. The Morgan fingerprint density at radius 2 is 2.33 bits per heavy atom. The molecule has 0 aromatic heterocycles. The van der Waals surface area contributed by atoms with Gasteiger partial charge in [0.1, 0.15) is 11.9 Å². The van der Waals surface area contributed by atoms with Gasteiger partial charge in [0.25, 0.3) is 0 Å². The van der Waals surface area contributed by atoms with E-state index in [1.54, 1.807) is 0 Å². The maximum absolute atomic E-state index is 6.06. The van der Waals surface area contributed by atoms with Crippen molar-refractivity contribution in [2.45, 2.75) is 18.4 Å². The van der Waals surface area contributed by atoms with Gasteiger partial charge < -0.3 is 9.47 Å². The van der Waals surface area contributed by atoms with Gasteiger partial charge in [0, 0.05) is 12.0 Å². The van der Waals surface area contributed by atoms with Crippen LogP contribution >= 0.6 is 23.2 Å². The summed E-state index contributed by atoms with van der Waals surface area (Å²) >= 11 is 11.9. The topological polar surface area (TPSA) is 18.5 Å². The molecular formula is C11H12Cl2O2. The van der Waals surface area contributed by atoms with Crippen molar-refractivity contribution in [1.29, 1.82) is 0 Å². The van der Waals surface area contributed by atoms with Crippen LogP contribution in [0.4, 0.5) is 0 Å². The number of halogens is 2. The third-order valence-electron chi connectivity index (χ3n) is 2.36. The van der Waals surface area contributed by atoms with E-state index in [0.717, 1.165) is 18.6 Å². The molecular weight excluding hydrogens is 235 g/mol. The highest BCUT2D eigenvalue weighted by atomic mass is 35.5. The Morgan fingerprint density at radius 3 is 3.00 bits per heavy atom. The lowest BCUT2D eigenvalue weighted by Gasteiger charge is -2.15. The van der Waals surface area contributed by atoms with E-state index in [0.29, 0.717) is 23.3 Å². The SMILES string of the molecule is ClCc1cccc(Cl)c1OC1CCOC1. The van der Waals surface area contributed by atoms with Crippen molar-refractivity contribution in [2.75, 3.05) is 13.2 Å². The molecule has 2 nitrogen and oxygen atoms in total. The Hall–Kier alpha value is -0.440. The van der Waals surface area contributed by atoms with E-state index in [1.165, 1.54) is 0 Å². The molecule has 1 aliphatic heterocycles. The van der Waals surface area contributed by atoms with Crippen molar-refractivity contribution in [2.24, 2.45) is 0 Å². The first kappa shape index (κ1) is 11.1. The molecule has 0 amide bonds. The van der Waals surface area contributed by atoms with Gasteiger partial charge in [-0.15, -0.1) is 11.6 Å². The van der Waals surface area contributed by atoms with E-state index in [4.69, 9.17) is 32.7 Å². The summed E-state index contributed by atoms with van der Waals surface area (Å²) in [6.07, 6.45) is 1.01. The molecule has 1 heterocycles. The fraction of sp³-hybridized carbons (Fsp3) is 0.455. The van der Waals surface area contributed by atoms with Crippen LogP contribution in [0.5, 0.6) is 5.75 Å². The second-order valence-electron chi connectivity index (χ2n) is 3.47. The van der Waals surface area contributed by atoms with Crippen LogP contribution in [0.1, 0.15) is 12.0 Å². The minimum Gasteiger partial charge on any atom is -0.486 e. The van der Waals surface area contributed by atoms with Crippen LogP contribution in [-0.4, -0.2) is 19.3 Å². The third kappa shape index (κ3) is 2.57. The minimum absolute atomic E-state index is 0.104. The Balaban J connectivity index is 2.17. The van der Waals surface area contributed by atoms with Crippen molar-refractivity contribution in [3.63, 3.8) is 0 Å². The number of hydrogen-bond donors (Lipinski definition) is 0. The minimum atomic E-state index is 0.104. The second kappa shape index (κ2) is 5.06. The third-order valence-corrected chi connectivity index (χ3v) is 2.95. The molecule has 1 unspecified atom stereocenters. The van der Waals surface area contributed by atoms with Crippen molar-refractivity contribution < 1.29 is 9.47 Å². The molecule has 0 bridgehead atoms. The number of benzene rings is 1. The first-order chi connectivity index (χ1) is 7.31. The molecule has 1 aliphatic rings. The Labute approximate surface area is 99.1 Å². The summed E-state index contributed by atoms with van der Waals surface area (Å²) in [5, 5.41) is 0.611. The Morgan fingerprint density at radius 1 is 1.47 bits per heavy atom. The maximum atomic E-state index is 6.06. The summed E-state index contributed by atoms with van der Waals surface area (Å²) in [6, 6.07) is 5.60. The molecule has 0 spiro atoms. The normalized spacial score (nSPS) is 20.5. The predicted octanol–water partition coefficient (Wildman–Crippen LogP) is 3.25. The highest BCUT2D eigenvalue weighted by Gasteiger charge is 2.19. The van der Waals surface area contributed by atoms with Crippen molar-refractivity contribution in [3.8, 4) is 5.75 Å². The van der Waals surface area contributed by atoms with E-state index >= 15 is 0 Å². The second-order valence-corrected chi connectivity index (χ2v) is 4.14. The molecule has 0 N–H and O–H groups in total. The number of rotatable bonds is 3. The van der Waals surface area contributed by atoms with Gasteiger partial charge in [-0.2, -0.15) is 0 Å². The van der Waals surface area contributed by atoms with E-state index in [9.17, 15) is 0 Å². The quantitative estimate of drug-likeness (QED) is 0.763. The van der Waals surface area contributed by atoms with Crippen LogP contribution in [0.25, 0.3) is 0 Å². The zero-order chi connectivity index (χ0) is 10.7. The van der Waals surface area contributed by atoms with E-state index < -0.39 is 0 Å². The molecule has 0 saturated carbocycles. The first-order valence-electron chi connectivity index (χ1n) is 4.89. The van der Waals surface area contributed by atoms with E-state index in [1.807, 2.05) is 18.2 Å². The molecule has 15 heavy (non-hydrogen) atoms. The van der Waals surface area contributed by atoms with Crippen LogP contribution in [0.2, 0.25) is 5.02 Å². The first-order valence-corrected chi connectivity index (χ1v) is 5.80. The summed E-state index contributed by atoms with van der Waals surface area (Å²) in [7, 11) is 0. The van der Waals surface area contributed by atoms with Gasteiger partial charge in [-0.25, -0.2) is 0 Å². The summed E-state index contributed by atoms with van der Waals surface area (Å²) in [5.74, 6) is 1.10. The summed E-state index contributed by atoms with van der Waals surface area (Å²) in [6.45, 7) is 1.39. The van der Waals surface area contributed by atoms with Crippen molar-refractivity contribution in [1.82, 2.24) is 0 Å². The van der Waals surface area contributed by atoms with Gasteiger partial charge in [-0.3, -0.25) is 0 Å². The molecule has 1 atom stereocenters. The van der Waals surface area contributed by atoms with Gasteiger partial charge >= 0.3 is 0 Å². The predicted molar refractivity (Wildman–Crippen MR) is 60.9 cm³/mol. The van der Waals surface area contributed by atoms with E-state index in [2.05, 4.69) is 0 Å². The molecule has 1 aromatic rings. The number of hydrogen-bond acceptors (Lipinski definition) is 2. The van der Waals surface area contributed by atoms with Gasteiger partial charge in [-0.05, 0) is 6.07 Å². The fourth-order valence-electron chi connectivity index (χ4n) is 1.56. The van der Waals surface area contributed by atoms with Gasteiger partial charge in [0.2, 0.25) is 0 Å². The number of para-hydroxylation sites is 1. The molecule has 1 fully saturated rings. The highest BCUT2D eigenvalue weighted by molar-refractivity contribution is 6.32. The molecule has 0 radical (unpaired) electrons. The van der Waals surface area contributed by atoms with Crippen LogP contribution in [0.15, 0.2) is 18.2 Å². The Kier molecular flexibility index (Phi) is 3.73. The lowest BCUT2D eigenvalue weighted by atomic mass is 10.2. The molecule has 1 saturated heterocycles. The average molecular weight is 247 g/mol. The van der Waals surface area contributed by atoms with E-state index in [-0.39, 0.29) is 6.10 Å². The molecule has 1 aromatic carbocycles.